The van der Waals surface area contributed by atoms with Crippen LogP contribution in [0, 0.1) is 0 Å². The number of benzene rings is 1. The number of aromatic nitrogens is 4. The molecular formula is C14H11ClN4. The third-order valence-electron chi connectivity index (χ3n) is 2.79. The van der Waals surface area contributed by atoms with Gasteiger partial charge in [0.15, 0.2) is 11.6 Å². The Labute approximate surface area is 115 Å². The van der Waals surface area contributed by atoms with Crippen LogP contribution in [0.4, 0.5) is 0 Å². The van der Waals surface area contributed by atoms with Gasteiger partial charge in [-0.15, -0.1) is 0 Å². The van der Waals surface area contributed by atoms with E-state index in [0.717, 1.165) is 11.3 Å². The van der Waals surface area contributed by atoms with E-state index in [1.807, 2.05) is 48.1 Å². The van der Waals surface area contributed by atoms with Gasteiger partial charge in [-0.3, -0.25) is 0 Å². The molecule has 0 fully saturated rings. The van der Waals surface area contributed by atoms with Crippen molar-refractivity contribution in [2.45, 2.75) is 0 Å². The molecular weight excluding hydrogens is 260 g/mol. The largest absolute Gasteiger partial charge is 0.331 e. The van der Waals surface area contributed by atoms with Gasteiger partial charge in [-0.1, -0.05) is 41.9 Å². The lowest BCUT2D eigenvalue weighted by atomic mass is 10.1. The standard InChI is InChI=1S/C14H11ClN4/c1-19-8-7-16-14(19)13-17-11(9-12(15)18-13)10-5-3-2-4-6-10/h2-9H,1H3. The van der Waals surface area contributed by atoms with Gasteiger partial charge in [0, 0.05) is 31.1 Å². The molecule has 3 aromatic rings. The van der Waals surface area contributed by atoms with Crippen LogP contribution in [0.2, 0.25) is 5.15 Å². The molecule has 0 amide bonds. The van der Waals surface area contributed by atoms with E-state index in [1.54, 1.807) is 12.3 Å². The Hall–Kier alpha value is -2.20. The quantitative estimate of drug-likeness (QED) is 0.672. The zero-order valence-corrected chi connectivity index (χ0v) is 11.0. The Kier molecular flexibility index (Phi) is 3.01. The average molecular weight is 271 g/mol. The van der Waals surface area contributed by atoms with Gasteiger partial charge in [-0.2, -0.15) is 0 Å². The van der Waals surface area contributed by atoms with Crippen LogP contribution in [-0.4, -0.2) is 19.5 Å². The summed E-state index contributed by atoms with van der Waals surface area (Å²) < 4.78 is 1.86. The summed E-state index contributed by atoms with van der Waals surface area (Å²) in [6.07, 6.45) is 3.56. The zero-order valence-electron chi connectivity index (χ0n) is 10.3. The van der Waals surface area contributed by atoms with Crippen molar-refractivity contribution in [1.29, 1.82) is 0 Å². The summed E-state index contributed by atoms with van der Waals surface area (Å²) in [7, 11) is 1.90. The Morgan fingerprint density at radius 3 is 2.58 bits per heavy atom. The molecule has 0 aliphatic rings. The molecule has 5 heteroatoms. The first kappa shape index (κ1) is 11.9. The highest BCUT2D eigenvalue weighted by Crippen LogP contribution is 2.23. The minimum atomic E-state index is 0.409. The predicted molar refractivity (Wildman–Crippen MR) is 74.7 cm³/mol. The molecule has 0 saturated carbocycles. The highest BCUT2D eigenvalue weighted by molar-refractivity contribution is 6.29. The molecule has 0 radical (unpaired) electrons. The lowest BCUT2D eigenvalue weighted by Crippen LogP contribution is -1.98. The minimum Gasteiger partial charge on any atom is -0.331 e. The van der Waals surface area contributed by atoms with Crippen molar-refractivity contribution < 1.29 is 0 Å². The van der Waals surface area contributed by atoms with Crippen molar-refractivity contribution in [3.05, 3.63) is 53.9 Å². The van der Waals surface area contributed by atoms with Crippen LogP contribution in [0.1, 0.15) is 0 Å². The van der Waals surface area contributed by atoms with Crippen LogP contribution in [-0.2, 0) is 7.05 Å². The third-order valence-corrected chi connectivity index (χ3v) is 2.98. The highest BCUT2D eigenvalue weighted by Gasteiger charge is 2.10. The molecule has 0 atom stereocenters. The van der Waals surface area contributed by atoms with Crippen molar-refractivity contribution in [1.82, 2.24) is 19.5 Å². The van der Waals surface area contributed by atoms with Crippen LogP contribution in [0.25, 0.3) is 22.9 Å². The first-order chi connectivity index (χ1) is 9.24. The summed E-state index contributed by atoms with van der Waals surface area (Å²) in [6, 6.07) is 11.6. The second-order valence-electron chi connectivity index (χ2n) is 4.13. The molecule has 0 aliphatic carbocycles. The fourth-order valence-electron chi connectivity index (χ4n) is 1.86. The average Bonchev–Trinajstić information content (AvgIpc) is 2.85. The van der Waals surface area contributed by atoms with Crippen LogP contribution < -0.4 is 0 Å². The summed E-state index contributed by atoms with van der Waals surface area (Å²) in [5.74, 6) is 1.22. The van der Waals surface area contributed by atoms with E-state index in [2.05, 4.69) is 15.0 Å². The van der Waals surface area contributed by atoms with Gasteiger partial charge >= 0.3 is 0 Å². The smallest absolute Gasteiger partial charge is 0.197 e. The Morgan fingerprint density at radius 1 is 1.11 bits per heavy atom. The van der Waals surface area contributed by atoms with E-state index >= 15 is 0 Å². The van der Waals surface area contributed by atoms with Gasteiger partial charge in [-0.05, 0) is 0 Å². The molecule has 0 spiro atoms. The van der Waals surface area contributed by atoms with Crippen molar-refractivity contribution >= 4 is 11.6 Å². The Bertz CT molecular complexity index is 706. The number of rotatable bonds is 2. The maximum absolute atomic E-state index is 6.08. The summed E-state index contributed by atoms with van der Waals surface area (Å²) in [6.45, 7) is 0. The van der Waals surface area contributed by atoms with Crippen molar-refractivity contribution in [3.8, 4) is 22.9 Å². The molecule has 0 saturated heterocycles. The predicted octanol–water partition coefficient (Wildman–Crippen LogP) is 3.20. The molecule has 0 N–H and O–H groups in total. The summed E-state index contributed by atoms with van der Waals surface area (Å²) in [5, 5.41) is 0.409. The maximum Gasteiger partial charge on any atom is 0.197 e. The third kappa shape index (κ3) is 2.35. The first-order valence-electron chi connectivity index (χ1n) is 5.82. The van der Waals surface area contributed by atoms with E-state index in [1.165, 1.54) is 0 Å². The molecule has 19 heavy (non-hydrogen) atoms. The van der Waals surface area contributed by atoms with Gasteiger partial charge in [0.2, 0.25) is 0 Å². The lowest BCUT2D eigenvalue weighted by Gasteiger charge is -2.05. The molecule has 2 aromatic heterocycles. The van der Waals surface area contributed by atoms with E-state index in [0.29, 0.717) is 16.8 Å². The second-order valence-corrected chi connectivity index (χ2v) is 4.51. The van der Waals surface area contributed by atoms with Crippen molar-refractivity contribution in [2.75, 3.05) is 0 Å². The number of imidazole rings is 1. The van der Waals surface area contributed by atoms with Crippen LogP contribution in [0.5, 0.6) is 0 Å². The van der Waals surface area contributed by atoms with Gasteiger partial charge in [0.05, 0.1) is 5.69 Å². The molecule has 0 bridgehead atoms. The lowest BCUT2D eigenvalue weighted by molar-refractivity contribution is 0.907. The first-order valence-corrected chi connectivity index (χ1v) is 6.19. The summed E-state index contributed by atoms with van der Waals surface area (Å²) in [4.78, 5) is 13.0. The van der Waals surface area contributed by atoms with Crippen LogP contribution in [0.3, 0.4) is 0 Å². The highest BCUT2D eigenvalue weighted by atomic mass is 35.5. The molecule has 4 nitrogen and oxygen atoms in total. The molecule has 3 rings (SSSR count). The molecule has 0 unspecified atom stereocenters. The Balaban J connectivity index is 2.14. The van der Waals surface area contributed by atoms with Crippen LogP contribution >= 0.6 is 11.6 Å². The fraction of sp³-hybridized carbons (Fsp3) is 0.0714. The number of halogens is 1. The number of hydrogen-bond acceptors (Lipinski definition) is 3. The Morgan fingerprint density at radius 2 is 1.89 bits per heavy atom. The topological polar surface area (TPSA) is 43.6 Å². The normalized spacial score (nSPS) is 10.6. The summed E-state index contributed by atoms with van der Waals surface area (Å²) in [5.41, 5.74) is 1.79. The van der Waals surface area contributed by atoms with E-state index < -0.39 is 0 Å². The van der Waals surface area contributed by atoms with Gasteiger partial charge in [0.1, 0.15) is 5.15 Å². The monoisotopic (exact) mass is 270 g/mol. The molecule has 0 aliphatic heterocycles. The maximum atomic E-state index is 6.08. The number of hydrogen-bond donors (Lipinski definition) is 0. The van der Waals surface area contributed by atoms with Gasteiger partial charge in [-0.25, -0.2) is 15.0 Å². The molecule has 1 aromatic carbocycles. The van der Waals surface area contributed by atoms with Gasteiger partial charge in [0.25, 0.3) is 0 Å². The zero-order chi connectivity index (χ0) is 13.2. The van der Waals surface area contributed by atoms with E-state index in [9.17, 15) is 0 Å². The fourth-order valence-corrected chi connectivity index (χ4v) is 2.04. The SMILES string of the molecule is Cn1ccnc1-c1nc(Cl)cc(-c2ccccc2)n1. The summed E-state index contributed by atoms with van der Waals surface area (Å²) >= 11 is 6.08. The van der Waals surface area contributed by atoms with E-state index in [-0.39, 0.29) is 0 Å². The number of aryl methyl sites for hydroxylation is 1. The van der Waals surface area contributed by atoms with Gasteiger partial charge < -0.3 is 4.57 Å². The second kappa shape index (κ2) is 4.82. The van der Waals surface area contributed by atoms with Crippen LogP contribution in [0.15, 0.2) is 48.8 Å². The molecule has 2 heterocycles. The number of nitrogens with zero attached hydrogens (tertiary/aromatic N) is 4. The molecule has 94 valence electrons. The van der Waals surface area contributed by atoms with E-state index in [4.69, 9.17) is 11.6 Å². The van der Waals surface area contributed by atoms with Crippen molar-refractivity contribution in [3.63, 3.8) is 0 Å². The van der Waals surface area contributed by atoms with Crippen molar-refractivity contribution in [2.24, 2.45) is 7.05 Å². The minimum absolute atomic E-state index is 0.409.